The van der Waals surface area contributed by atoms with Crippen molar-refractivity contribution >= 4 is 11.6 Å². The van der Waals surface area contributed by atoms with Crippen molar-refractivity contribution in [2.24, 2.45) is 17.0 Å². The largest absolute Gasteiger partial charge is 0.354 e. The molecule has 114 valence electrons. The number of nitrogens with zero attached hydrogens (tertiary/aromatic N) is 2. The summed E-state index contributed by atoms with van der Waals surface area (Å²) in [6, 6.07) is 0. The molecule has 2 N–H and O–H groups in total. The fourth-order valence-electron chi connectivity index (χ4n) is 2.96. The van der Waals surface area contributed by atoms with Crippen molar-refractivity contribution in [1.29, 1.82) is 0 Å². The van der Waals surface area contributed by atoms with Crippen LogP contribution in [-0.2, 0) is 9.84 Å². The van der Waals surface area contributed by atoms with Gasteiger partial charge in [0, 0.05) is 44.2 Å². The average Bonchev–Trinajstić information content (AvgIpc) is 2.42. The second-order valence-corrected chi connectivity index (χ2v) is 5.68. The molecule has 0 aromatic rings. The zero-order valence-electron chi connectivity index (χ0n) is 11.9. The highest BCUT2D eigenvalue weighted by molar-refractivity contribution is 6.38. The fraction of sp³-hybridized carbons (Fsp3) is 0.846. The van der Waals surface area contributed by atoms with Crippen molar-refractivity contribution in [3.05, 3.63) is 0 Å². The van der Waals surface area contributed by atoms with Gasteiger partial charge in [-0.2, -0.15) is 5.04 Å². The maximum Gasteiger partial charge on any atom is 0.268 e. The lowest BCUT2D eigenvalue weighted by Crippen LogP contribution is -2.50. The summed E-state index contributed by atoms with van der Waals surface area (Å²) < 4.78 is 11.9. The van der Waals surface area contributed by atoms with Gasteiger partial charge in [-0.25, -0.2) is 0 Å². The minimum atomic E-state index is -0.372. The van der Waals surface area contributed by atoms with Gasteiger partial charge in [0.2, 0.25) is 0 Å². The Bertz CT molecular complexity index is 360. The lowest BCUT2D eigenvalue weighted by molar-refractivity contribution is -0.133. The summed E-state index contributed by atoms with van der Waals surface area (Å²) in [6.45, 7) is 5.36. The third kappa shape index (κ3) is 4.14. The Balaban J connectivity index is 1.84. The van der Waals surface area contributed by atoms with Crippen LogP contribution >= 0.6 is 0 Å². The molecule has 0 aromatic carbocycles. The van der Waals surface area contributed by atoms with Crippen molar-refractivity contribution in [3.63, 3.8) is 0 Å². The second kappa shape index (κ2) is 7.54. The normalized spacial score (nSPS) is 25.1. The Morgan fingerprint density at radius 1 is 1.50 bits per heavy atom. The molecular formula is C13H23FN4O2. The van der Waals surface area contributed by atoms with Crippen LogP contribution in [-0.4, -0.2) is 56.3 Å². The van der Waals surface area contributed by atoms with E-state index in [1.54, 1.807) is 0 Å². The van der Waals surface area contributed by atoms with Gasteiger partial charge in [-0.1, -0.05) is 0 Å². The molecule has 0 aromatic heterocycles. The van der Waals surface area contributed by atoms with Gasteiger partial charge in [0.15, 0.2) is 0 Å². The highest BCUT2D eigenvalue weighted by Gasteiger charge is 2.27. The van der Waals surface area contributed by atoms with Crippen LogP contribution in [0.1, 0.15) is 19.3 Å². The van der Waals surface area contributed by atoms with E-state index in [-0.39, 0.29) is 11.6 Å². The topological polar surface area (TPSA) is 66.0 Å². The maximum atomic E-state index is 11.9. The molecule has 1 atom stereocenters. The van der Waals surface area contributed by atoms with E-state index in [2.05, 4.69) is 25.7 Å². The molecule has 1 unspecified atom stereocenters. The number of carbonyl (C=O) groups excluding carboxylic acids is 1. The molecule has 2 aliphatic heterocycles. The Hall–Kier alpha value is -1.21. The van der Waals surface area contributed by atoms with Crippen LogP contribution < -0.4 is 10.6 Å². The number of hydrogen-bond acceptors (Lipinski definition) is 5. The quantitative estimate of drug-likeness (QED) is 0.545. The first-order valence-corrected chi connectivity index (χ1v) is 7.22. The molecule has 2 fully saturated rings. The van der Waals surface area contributed by atoms with Crippen molar-refractivity contribution < 1.29 is 14.4 Å². The average molecular weight is 286 g/mol. The van der Waals surface area contributed by atoms with E-state index in [0.29, 0.717) is 12.3 Å². The molecule has 0 saturated carbocycles. The van der Waals surface area contributed by atoms with Crippen LogP contribution in [0.4, 0.5) is 4.53 Å². The van der Waals surface area contributed by atoms with E-state index in [1.807, 2.05) is 0 Å². The number of halogens is 1. The first-order chi connectivity index (χ1) is 9.72. The zero-order chi connectivity index (χ0) is 14.4. The predicted molar refractivity (Wildman–Crippen MR) is 73.8 cm³/mol. The number of oxime groups is 1. The third-order valence-corrected chi connectivity index (χ3v) is 4.10. The Morgan fingerprint density at radius 3 is 2.90 bits per heavy atom. The fourth-order valence-corrected chi connectivity index (χ4v) is 2.96. The minimum Gasteiger partial charge on any atom is -0.354 e. The molecule has 7 heteroatoms. The van der Waals surface area contributed by atoms with E-state index in [0.717, 1.165) is 51.5 Å². The van der Waals surface area contributed by atoms with E-state index in [9.17, 15) is 9.32 Å². The van der Waals surface area contributed by atoms with Crippen LogP contribution in [0, 0.1) is 11.8 Å². The number of hydrogen-bond donors (Lipinski definition) is 2. The van der Waals surface area contributed by atoms with Crippen molar-refractivity contribution in [2.75, 3.05) is 39.8 Å². The van der Waals surface area contributed by atoms with Crippen molar-refractivity contribution in [1.82, 2.24) is 15.5 Å². The summed E-state index contributed by atoms with van der Waals surface area (Å²) >= 11 is 0. The molecule has 2 saturated heterocycles. The minimum absolute atomic E-state index is 0.132. The maximum absolute atomic E-state index is 11.9. The van der Waals surface area contributed by atoms with Crippen molar-refractivity contribution in [3.8, 4) is 0 Å². The van der Waals surface area contributed by atoms with Gasteiger partial charge in [-0.15, -0.1) is 0 Å². The molecule has 2 rings (SSSR count). The van der Waals surface area contributed by atoms with Gasteiger partial charge in [0.25, 0.3) is 5.91 Å². The lowest BCUT2D eigenvalue weighted by atomic mass is 9.91. The Labute approximate surface area is 118 Å². The summed E-state index contributed by atoms with van der Waals surface area (Å²) in [5.74, 6) is 0.709. The highest BCUT2D eigenvalue weighted by atomic mass is 19.3. The van der Waals surface area contributed by atoms with E-state index in [1.165, 1.54) is 7.05 Å². The zero-order valence-corrected chi connectivity index (χ0v) is 11.9. The SMILES string of the molecule is CNC(=O)/C(CC1CCCN(CC2CNC2)C1)=N/OF. The molecule has 0 aliphatic carbocycles. The van der Waals surface area contributed by atoms with Crippen molar-refractivity contribution in [2.45, 2.75) is 19.3 Å². The second-order valence-electron chi connectivity index (χ2n) is 5.68. The molecule has 1 amide bonds. The number of rotatable bonds is 6. The van der Waals surface area contributed by atoms with Gasteiger partial charge >= 0.3 is 0 Å². The number of carbonyl (C=O) groups is 1. The summed E-state index contributed by atoms with van der Waals surface area (Å²) in [5.41, 5.74) is 0.132. The molecule has 2 heterocycles. The number of likely N-dealkylation sites (tertiary alicyclic amines) is 1. The molecule has 2 aliphatic rings. The molecule has 0 bridgehead atoms. The van der Waals surface area contributed by atoms with Gasteiger partial charge in [-0.3, -0.25) is 4.79 Å². The van der Waals surface area contributed by atoms with Crippen LogP contribution in [0.25, 0.3) is 0 Å². The van der Waals surface area contributed by atoms with Crippen LogP contribution in [0.15, 0.2) is 5.16 Å². The molecule has 20 heavy (non-hydrogen) atoms. The Kier molecular flexibility index (Phi) is 5.72. The summed E-state index contributed by atoms with van der Waals surface area (Å²) in [7, 11) is 1.51. The predicted octanol–water partition coefficient (Wildman–Crippen LogP) is 0.311. The third-order valence-electron chi connectivity index (χ3n) is 4.10. The summed E-state index contributed by atoms with van der Waals surface area (Å²) in [4.78, 5) is 14.0. The first kappa shape index (κ1) is 15.2. The molecule has 0 spiro atoms. The monoisotopic (exact) mass is 286 g/mol. The van der Waals surface area contributed by atoms with Gasteiger partial charge in [0.1, 0.15) is 5.71 Å². The highest BCUT2D eigenvalue weighted by Crippen LogP contribution is 2.22. The van der Waals surface area contributed by atoms with Gasteiger partial charge in [0.05, 0.1) is 0 Å². The van der Waals surface area contributed by atoms with E-state index in [4.69, 9.17) is 0 Å². The number of amides is 1. The molecular weight excluding hydrogens is 263 g/mol. The first-order valence-electron chi connectivity index (χ1n) is 7.22. The Morgan fingerprint density at radius 2 is 2.30 bits per heavy atom. The van der Waals surface area contributed by atoms with Crippen LogP contribution in [0.2, 0.25) is 0 Å². The summed E-state index contributed by atoms with van der Waals surface area (Å²) in [5, 5.41) is 12.2. The smallest absolute Gasteiger partial charge is 0.268 e. The standard InChI is InChI=1S/C13H23FN4O2/c1-15-13(19)12(17-20-14)5-10-3-2-4-18(8-10)9-11-6-16-7-11/h10-11,16H,2-9H2,1H3,(H,15,19)/b17-12+. The van der Waals surface area contributed by atoms with Gasteiger partial charge < -0.3 is 15.5 Å². The van der Waals surface area contributed by atoms with E-state index < -0.39 is 0 Å². The molecule has 6 nitrogen and oxygen atoms in total. The number of piperidine rings is 1. The molecule has 0 radical (unpaired) electrons. The van der Waals surface area contributed by atoms with Crippen LogP contribution in [0.5, 0.6) is 0 Å². The number of nitrogens with one attached hydrogen (secondary N) is 2. The summed E-state index contributed by atoms with van der Waals surface area (Å²) in [6.07, 6.45) is 2.62. The van der Waals surface area contributed by atoms with Crippen LogP contribution in [0.3, 0.4) is 0 Å². The van der Waals surface area contributed by atoms with Gasteiger partial charge in [-0.05, 0) is 36.4 Å². The van der Waals surface area contributed by atoms with E-state index >= 15 is 0 Å². The lowest BCUT2D eigenvalue weighted by Gasteiger charge is -2.37.